The molecule has 0 aliphatic rings. The summed E-state index contributed by atoms with van der Waals surface area (Å²) in [7, 11) is -3.55. The molecular weight excluding hydrogens is 254 g/mol. The van der Waals surface area contributed by atoms with Crippen LogP contribution in [0.1, 0.15) is 19.4 Å². The highest BCUT2D eigenvalue weighted by Gasteiger charge is 2.14. The standard InChI is InChI=1S/C12H15NO4S/c1-9(2)13-18(16,17)11-5-3-4-10(8-11)6-7-12(14)15/h3-9,13H,1-2H3,(H,14,15). The molecule has 1 rings (SSSR count). The van der Waals surface area contributed by atoms with Crippen LogP contribution in [0.2, 0.25) is 0 Å². The number of sulfonamides is 1. The normalized spacial score (nSPS) is 12.2. The Morgan fingerprint density at radius 2 is 2.06 bits per heavy atom. The lowest BCUT2D eigenvalue weighted by atomic mass is 10.2. The Balaban J connectivity index is 3.05. The van der Waals surface area contributed by atoms with E-state index in [4.69, 9.17) is 5.11 Å². The number of aliphatic carboxylic acids is 1. The van der Waals surface area contributed by atoms with Gasteiger partial charge in [0.1, 0.15) is 0 Å². The van der Waals surface area contributed by atoms with Gasteiger partial charge in [0.2, 0.25) is 10.0 Å². The molecule has 0 aliphatic carbocycles. The average molecular weight is 269 g/mol. The second-order valence-electron chi connectivity index (χ2n) is 4.02. The molecule has 98 valence electrons. The number of carboxylic acid groups (broad SMARTS) is 1. The van der Waals surface area contributed by atoms with Gasteiger partial charge < -0.3 is 5.11 Å². The molecule has 0 amide bonds. The van der Waals surface area contributed by atoms with Gasteiger partial charge in [0, 0.05) is 12.1 Å². The van der Waals surface area contributed by atoms with Crippen LogP contribution in [-0.2, 0) is 14.8 Å². The molecule has 0 radical (unpaired) electrons. The zero-order valence-corrected chi connectivity index (χ0v) is 10.9. The molecule has 0 fully saturated rings. The lowest BCUT2D eigenvalue weighted by Crippen LogP contribution is -2.30. The second kappa shape index (κ2) is 5.79. The van der Waals surface area contributed by atoms with Crippen molar-refractivity contribution in [2.45, 2.75) is 24.8 Å². The monoisotopic (exact) mass is 269 g/mol. The van der Waals surface area contributed by atoms with Crippen molar-refractivity contribution < 1.29 is 18.3 Å². The van der Waals surface area contributed by atoms with Gasteiger partial charge in [-0.25, -0.2) is 17.9 Å². The molecule has 0 spiro atoms. The summed E-state index contributed by atoms with van der Waals surface area (Å²) in [6, 6.07) is 5.88. The minimum atomic E-state index is -3.55. The van der Waals surface area contributed by atoms with E-state index in [1.54, 1.807) is 26.0 Å². The predicted molar refractivity (Wildman–Crippen MR) is 68.6 cm³/mol. The van der Waals surface area contributed by atoms with Gasteiger partial charge in [0.25, 0.3) is 0 Å². The first-order valence-electron chi connectivity index (χ1n) is 5.34. The van der Waals surface area contributed by atoms with Crippen molar-refractivity contribution in [2.75, 3.05) is 0 Å². The summed E-state index contributed by atoms with van der Waals surface area (Å²) >= 11 is 0. The number of benzene rings is 1. The van der Waals surface area contributed by atoms with Crippen molar-refractivity contribution >= 4 is 22.1 Å². The SMILES string of the molecule is CC(C)NS(=O)(=O)c1cccc(C=CC(=O)O)c1. The number of hydrogen-bond acceptors (Lipinski definition) is 3. The van der Waals surface area contributed by atoms with Gasteiger partial charge in [-0.2, -0.15) is 0 Å². The lowest BCUT2D eigenvalue weighted by Gasteiger charge is -2.09. The largest absolute Gasteiger partial charge is 0.478 e. The van der Waals surface area contributed by atoms with Crippen molar-refractivity contribution in [3.05, 3.63) is 35.9 Å². The molecule has 1 aromatic rings. The molecule has 5 nitrogen and oxygen atoms in total. The highest BCUT2D eigenvalue weighted by atomic mass is 32.2. The molecular formula is C12H15NO4S. The molecule has 1 aromatic carbocycles. The summed E-state index contributed by atoms with van der Waals surface area (Å²) in [5.74, 6) is -1.08. The van der Waals surface area contributed by atoms with E-state index in [0.717, 1.165) is 6.08 Å². The first-order valence-corrected chi connectivity index (χ1v) is 6.83. The van der Waals surface area contributed by atoms with Gasteiger partial charge in [-0.05, 0) is 37.6 Å². The molecule has 0 heterocycles. The van der Waals surface area contributed by atoms with Gasteiger partial charge in [-0.1, -0.05) is 12.1 Å². The molecule has 18 heavy (non-hydrogen) atoms. The Kier molecular flexibility index (Phi) is 4.63. The fourth-order valence-corrected chi connectivity index (χ4v) is 2.64. The number of rotatable bonds is 5. The van der Waals surface area contributed by atoms with E-state index in [2.05, 4.69) is 4.72 Å². The maximum atomic E-state index is 11.9. The van der Waals surface area contributed by atoms with Gasteiger partial charge in [0.05, 0.1) is 4.90 Å². The summed E-state index contributed by atoms with van der Waals surface area (Å²) in [6.45, 7) is 3.46. The van der Waals surface area contributed by atoms with Gasteiger partial charge >= 0.3 is 5.97 Å². The van der Waals surface area contributed by atoms with Crippen LogP contribution in [0.3, 0.4) is 0 Å². The summed E-state index contributed by atoms with van der Waals surface area (Å²) in [5.41, 5.74) is 0.518. The minimum Gasteiger partial charge on any atom is -0.478 e. The maximum Gasteiger partial charge on any atom is 0.328 e. The van der Waals surface area contributed by atoms with E-state index in [9.17, 15) is 13.2 Å². The Hall–Kier alpha value is -1.66. The summed E-state index contributed by atoms with van der Waals surface area (Å²) in [4.78, 5) is 10.5. The van der Waals surface area contributed by atoms with E-state index in [-0.39, 0.29) is 10.9 Å². The maximum absolute atomic E-state index is 11.9. The molecule has 0 saturated carbocycles. The Morgan fingerprint density at radius 1 is 1.39 bits per heavy atom. The highest BCUT2D eigenvalue weighted by Crippen LogP contribution is 2.13. The van der Waals surface area contributed by atoms with Crippen LogP contribution in [0.5, 0.6) is 0 Å². The Bertz CT molecular complexity index is 561. The van der Waals surface area contributed by atoms with Crippen LogP contribution in [0.15, 0.2) is 35.2 Å². The lowest BCUT2D eigenvalue weighted by molar-refractivity contribution is -0.131. The van der Waals surface area contributed by atoms with E-state index in [1.165, 1.54) is 18.2 Å². The van der Waals surface area contributed by atoms with Crippen LogP contribution in [0.25, 0.3) is 6.08 Å². The van der Waals surface area contributed by atoms with E-state index in [0.29, 0.717) is 5.56 Å². The number of hydrogen-bond donors (Lipinski definition) is 2. The van der Waals surface area contributed by atoms with Gasteiger partial charge in [-0.3, -0.25) is 0 Å². The van der Waals surface area contributed by atoms with Crippen LogP contribution in [0, 0.1) is 0 Å². The van der Waals surface area contributed by atoms with Crippen molar-refractivity contribution in [2.24, 2.45) is 0 Å². The zero-order chi connectivity index (χ0) is 13.8. The summed E-state index contributed by atoms with van der Waals surface area (Å²) < 4.78 is 26.2. The first-order chi connectivity index (χ1) is 8.31. The second-order valence-corrected chi connectivity index (χ2v) is 5.73. The fourth-order valence-electron chi connectivity index (χ4n) is 1.33. The minimum absolute atomic E-state index is 0.115. The number of carboxylic acids is 1. The van der Waals surface area contributed by atoms with Crippen molar-refractivity contribution in [1.82, 2.24) is 4.72 Å². The number of carbonyl (C=O) groups is 1. The predicted octanol–water partition coefficient (Wildman–Crippen LogP) is 1.47. The number of nitrogens with one attached hydrogen (secondary N) is 1. The van der Waals surface area contributed by atoms with E-state index < -0.39 is 16.0 Å². The smallest absolute Gasteiger partial charge is 0.328 e. The average Bonchev–Trinajstić information content (AvgIpc) is 2.25. The molecule has 0 aliphatic heterocycles. The van der Waals surface area contributed by atoms with Crippen LogP contribution in [-0.4, -0.2) is 25.5 Å². The molecule has 0 bridgehead atoms. The topological polar surface area (TPSA) is 83.5 Å². The van der Waals surface area contributed by atoms with E-state index in [1.807, 2.05) is 0 Å². The van der Waals surface area contributed by atoms with Crippen molar-refractivity contribution in [3.8, 4) is 0 Å². The Morgan fingerprint density at radius 3 is 2.61 bits per heavy atom. The summed E-state index contributed by atoms with van der Waals surface area (Å²) in [5, 5.41) is 8.51. The molecule has 0 aromatic heterocycles. The Labute approximate surface area is 106 Å². The third-order valence-corrected chi connectivity index (χ3v) is 3.63. The first kappa shape index (κ1) is 14.4. The van der Waals surface area contributed by atoms with E-state index >= 15 is 0 Å². The van der Waals surface area contributed by atoms with Gasteiger partial charge in [0.15, 0.2) is 0 Å². The third-order valence-electron chi connectivity index (χ3n) is 1.98. The third kappa shape index (κ3) is 4.31. The van der Waals surface area contributed by atoms with Crippen molar-refractivity contribution in [1.29, 1.82) is 0 Å². The molecule has 0 unspecified atom stereocenters. The zero-order valence-electron chi connectivity index (χ0n) is 10.1. The fraction of sp³-hybridized carbons (Fsp3) is 0.250. The van der Waals surface area contributed by atoms with Crippen LogP contribution >= 0.6 is 0 Å². The molecule has 0 atom stereocenters. The van der Waals surface area contributed by atoms with Crippen LogP contribution < -0.4 is 4.72 Å². The van der Waals surface area contributed by atoms with Crippen molar-refractivity contribution in [3.63, 3.8) is 0 Å². The molecule has 6 heteroatoms. The molecule has 0 saturated heterocycles. The molecule has 2 N–H and O–H groups in total. The summed E-state index contributed by atoms with van der Waals surface area (Å²) in [6.07, 6.45) is 2.30. The van der Waals surface area contributed by atoms with Crippen LogP contribution in [0.4, 0.5) is 0 Å². The van der Waals surface area contributed by atoms with Gasteiger partial charge in [-0.15, -0.1) is 0 Å². The quantitative estimate of drug-likeness (QED) is 0.793. The highest BCUT2D eigenvalue weighted by molar-refractivity contribution is 7.89.